The first-order chi connectivity index (χ1) is 10.6. The Morgan fingerprint density at radius 3 is 2.77 bits per heavy atom. The summed E-state index contributed by atoms with van der Waals surface area (Å²) >= 11 is 0. The highest BCUT2D eigenvalue weighted by molar-refractivity contribution is 7.89. The van der Waals surface area contributed by atoms with Crippen LogP contribution < -0.4 is 4.72 Å². The molecule has 3 rings (SSSR count). The lowest BCUT2D eigenvalue weighted by atomic mass is 9.88. The second-order valence-corrected chi connectivity index (χ2v) is 7.12. The Balaban J connectivity index is 1.91. The number of hydrogen-bond acceptors (Lipinski definition) is 3. The van der Waals surface area contributed by atoms with Crippen molar-refractivity contribution in [3.8, 4) is 6.07 Å². The fraction of sp³-hybridized carbons (Fsp3) is 0.235. The van der Waals surface area contributed by atoms with Crippen LogP contribution in [0.5, 0.6) is 0 Å². The number of sulfonamides is 1. The number of nitrogens with one attached hydrogen (secondary N) is 1. The minimum Gasteiger partial charge on any atom is -0.207 e. The van der Waals surface area contributed by atoms with Crippen molar-refractivity contribution in [2.75, 3.05) is 0 Å². The van der Waals surface area contributed by atoms with Crippen LogP contribution in [0.15, 0.2) is 53.4 Å². The van der Waals surface area contributed by atoms with Crippen LogP contribution in [0.4, 0.5) is 0 Å². The largest absolute Gasteiger partial charge is 0.241 e. The molecule has 1 atom stereocenters. The molecule has 2 aromatic rings. The van der Waals surface area contributed by atoms with Gasteiger partial charge in [-0.3, -0.25) is 0 Å². The first-order valence-electron chi connectivity index (χ1n) is 7.20. The van der Waals surface area contributed by atoms with Gasteiger partial charge in [-0.2, -0.15) is 5.26 Å². The van der Waals surface area contributed by atoms with Gasteiger partial charge in [0.25, 0.3) is 0 Å². The summed E-state index contributed by atoms with van der Waals surface area (Å²) in [4.78, 5) is 0.134. The van der Waals surface area contributed by atoms with E-state index < -0.39 is 10.0 Å². The zero-order chi connectivity index (χ0) is 15.6. The molecule has 0 amide bonds. The zero-order valence-electron chi connectivity index (χ0n) is 12.0. The Bertz CT molecular complexity index is 838. The van der Waals surface area contributed by atoms with Crippen molar-refractivity contribution in [2.45, 2.75) is 30.2 Å². The summed E-state index contributed by atoms with van der Waals surface area (Å²) in [6.45, 7) is 0. The number of rotatable bonds is 3. The molecular weight excluding hydrogens is 296 g/mol. The van der Waals surface area contributed by atoms with Crippen LogP contribution in [-0.4, -0.2) is 8.42 Å². The van der Waals surface area contributed by atoms with Crippen molar-refractivity contribution in [1.82, 2.24) is 4.72 Å². The predicted octanol–water partition coefficient (Wildman–Crippen LogP) is 2.91. The maximum absolute atomic E-state index is 12.6. The zero-order valence-corrected chi connectivity index (χ0v) is 12.8. The van der Waals surface area contributed by atoms with Gasteiger partial charge in [0.05, 0.1) is 16.5 Å². The van der Waals surface area contributed by atoms with E-state index in [9.17, 15) is 8.42 Å². The Morgan fingerprint density at radius 2 is 1.95 bits per heavy atom. The van der Waals surface area contributed by atoms with Crippen LogP contribution in [0.25, 0.3) is 0 Å². The molecule has 112 valence electrons. The first kappa shape index (κ1) is 14.8. The van der Waals surface area contributed by atoms with E-state index in [0.717, 1.165) is 24.8 Å². The normalized spacial score (nSPS) is 17.5. The molecule has 0 heterocycles. The van der Waals surface area contributed by atoms with E-state index in [1.165, 1.54) is 17.7 Å². The standard InChI is InChI=1S/C17H16N2O2S/c18-12-13-5-3-8-15(11-13)22(20,21)19-17-10-4-7-14-6-1-2-9-16(14)17/h1-3,5-6,8-9,11,17,19H,4,7,10H2/t17-/m1/s1. The third-order valence-electron chi connectivity index (χ3n) is 3.94. The molecule has 0 saturated heterocycles. The number of nitriles is 1. The highest BCUT2D eigenvalue weighted by atomic mass is 32.2. The lowest BCUT2D eigenvalue weighted by Gasteiger charge is -2.26. The molecule has 0 unspecified atom stereocenters. The van der Waals surface area contributed by atoms with Crippen molar-refractivity contribution in [2.24, 2.45) is 0 Å². The molecule has 5 heteroatoms. The maximum Gasteiger partial charge on any atom is 0.241 e. The van der Waals surface area contributed by atoms with E-state index in [0.29, 0.717) is 5.56 Å². The maximum atomic E-state index is 12.6. The topological polar surface area (TPSA) is 70.0 Å². The van der Waals surface area contributed by atoms with Gasteiger partial charge in [0.15, 0.2) is 0 Å². The van der Waals surface area contributed by atoms with Crippen LogP contribution >= 0.6 is 0 Å². The lowest BCUT2D eigenvalue weighted by molar-refractivity contribution is 0.507. The Labute approximate surface area is 130 Å². The molecular formula is C17H16N2O2S. The van der Waals surface area contributed by atoms with E-state index in [1.54, 1.807) is 12.1 Å². The molecule has 0 bridgehead atoms. The van der Waals surface area contributed by atoms with Crippen molar-refractivity contribution in [3.05, 3.63) is 65.2 Å². The van der Waals surface area contributed by atoms with E-state index >= 15 is 0 Å². The van der Waals surface area contributed by atoms with E-state index in [2.05, 4.69) is 4.72 Å². The van der Waals surface area contributed by atoms with Gasteiger partial charge in [0, 0.05) is 6.04 Å². The summed E-state index contributed by atoms with van der Waals surface area (Å²) in [6.07, 6.45) is 2.73. The average Bonchev–Trinajstić information content (AvgIpc) is 2.55. The summed E-state index contributed by atoms with van der Waals surface area (Å²) in [5, 5.41) is 8.91. The van der Waals surface area contributed by atoms with Crippen molar-refractivity contribution in [3.63, 3.8) is 0 Å². The van der Waals surface area contributed by atoms with Gasteiger partial charge in [-0.25, -0.2) is 13.1 Å². The van der Waals surface area contributed by atoms with Gasteiger partial charge in [-0.15, -0.1) is 0 Å². The third-order valence-corrected chi connectivity index (χ3v) is 5.41. The highest BCUT2D eigenvalue weighted by Gasteiger charge is 2.25. The van der Waals surface area contributed by atoms with E-state index in [4.69, 9.17) is 5.26 Å². The summed E-state index contributed by atoms with van der Waals surface area (Å²) in [5.74, 6) is 0. The fourth-order valence-corrected chi connectivity index (χ4v) is 4.16. The summed E-state index contributed by atoms with van der Waals surface area (Å²) in [6, 6.07) is 15.8. The van der Waals surface area contributed by atoms with E-state index in [-0.39, 0.29) is 10.9 Å². The molecule has 1 aliphatic carbocycles. The predicted molar refractivity (Wildman–Crippen MR) is 83.6 cm³/mol. The van der Waals surface area contributed by atoms with Crippen molar-refractivity contribution in [1.29, 1.82) is 5.26 Å². The number of benzene rings is 2. The molecule has 0 fully saturated rings. The number of fused-ring (bicyclic) bond motifs is 1. The average molecular weight is 312 g/mol. The molecule has 0 spiro atoms. The Morgan fingerprint density at radius 1 is 1.14 bits per heavy atom. The lowest BCUT2D eigenvalue weighted by Crippen LogP contribution is -2.31. The van der Waals surface area contributed by atoms with Crippen LogP contribution in [0.3, 0.4) is 0 Å². The minimum atomic E-state index is -3.64. The summed E-state index contributed by atoms with van der Waals surface area (Å²) in [7, 11) is -3.64. The molecule has 2 aromatic carbocycles. The number of aryl methyl sites for hydroxylation is 1. The highest BCUT2D eigenvalue weighted by Crippen LogP contribution is 2.30. The Hall–Kier alpha value is -2.16. The second kappa shape index (κ2) is 5.91. The van der Waals surface area contributed by atoms with Gasteiger partial charge < -0.3 is 0 Å². The third kappa shape index (κ3) is 2.89. The molecule has 1 N–H and O–H groups in total. The number of hydrogen-bond donors (Lipinski definition) is 1. The molecule has 22 heavy (non-hydrogen) atoms. The van der Waals surface area contributed by atoms with Gasteiger partial charge in [0.1, 0.15) is 0 Å². The molecule has 4 nitrogen and oxygen atoms in total. The minimum absolute atomic E-state index is 0.134. The second-order valence-electron chi connectivity index (χ2n) is 5.40. The molecule has 0 aromatic heterocycles. The van der Waals surface area contributed by atoms with Crippen LogP contribution in [0.1, 0.15) is 35.6 Å². The SMILES string of the molecule is N#Cc1cccc(S(=O)(=O)N[C@@H]2CCCc3ccccc32)c1. The smallest absolute Gasteiger partial charge is 0.207 e. The quantitative estimate of drug-likeness (QED) is 0.947. The van der Waals surface area contributed by atoms with E-state index in [1.807, 2.05) is 30.3 Å². The fourth-order valence-electron chi connectivity index (χ4n) is 2.86. The van der Waals surface area contributed by atoms with Crippen LogP contribution in [0, 0.1) is 11.3 Å². The monoisotopic (exact) mass is 312 g/mol. The summed E-state index contributed by atoms with van der Waals surface area (Å²) in [5.41, 5.74) is 2.59. The van der Waals surface area contributed by atoms with Gasteiger partial charge >= 0.3 is 0 Å². The van der Waals surface area contributed by atoms with Gasteiger partial charge in [0.2, 0.25) is 10.0 Å². The molecule has 0 saturated carbocycles. The van der Waals surface area contributed by atoms with Crippen molar-refractivity contribution >= 4 is 10.0 Å². The van der Waals surface area contributed by atoms with Gasteiger partial charge in [-0.05, 0) is 48.6 Å². The molecule has 0 radical (unpaired) electrons. The summed E-state index contributed by atoms with van der Waals surface area (Å²) < 4.78 is 27.9. The van der Waals surface area contributed by atoms with Crippen LogP contribution in [0.2, 0.25) is 0 Å². The molecule has 0 aliphatic heterocycles. The Kier molecular flexibility index (Phi) is 3.97. The molecule has 1 aliphatic rings. The van der Waals surface area contributed by atoms with Gasteiger partial charge in [-0.1, -0.05) is 30.3 Å². The number of nitrogens with zero attached hydrogens (tertiary/aromatic N) is 1. The van der Waals surface area contributed by atoms with Crippen LogP contribution in [-0.2, 0) is 16.4 Å². The first-order valence-corrected chi connectivity index (χ1v) is 8.69. The van der Waals surface area contributed by atoms with Crippen molar-refractivity contribution < 1.29 is 8.42 Å².